The van der Waals surface area contributed by atoms with Crippen molar-refractivity contribution >= 4 is 34.9 Å². The molecule has 29 heavy (non-hydrogen) atoms. The second kappa shape index (κ2) is 10.2. The Morgan fingerprint density at radius 3 is 2.41 bits per heavy atom. The van der Waals surface area contributed by atoms with Gasteiger partial charge in [-0.2, -0.15) is 0 Å². The molecule has 7 heteroatoms. The average Bonchev–Trinajstić information content (AvgIpc) is 2.74. The van der Waals surface area contributed by atoms with Gasteiger partial charge in [0.25, 0.3) is 5.91 Å². The molecular formula is C22H27ClN4O2. The highest BCUT2D eigenvalue weighted by atomic mass is 35.5. The molecule has 1 aliphatic rings. The molecule has 1 aliphatic heterocycles. The van der Waals surface area contributed by atoms with Gasteiger partial charge >= 0.3 is 6.03 Å². The molecule has 1 fully saturated rings. The Morgan fingerprint density at radius 1 is 1.03 bits per heavy atom. The first-order chi connectivity index (χ1) is 14.1. The minimum Gasteiger partial charge on any atom is -0.368 e. The highest BCUT2D eigenvalue weighted by molar-refractivity contribution is 6.31. The number of halogens is 1. The Balaban J connectivity index is 1.51. The van der Waals surface area contributed by atoms with E-state index in [2.05, 4.69) is 22.5 Å². The van der Waals surface area contributed by atoms with E-state index in [1.54, 1.807) is 24.3 Å². The van der Waals surface area contributed by atoms with Gasteiger partial charge in [0.05, 0.1) is 0 Å². The largest absolute Gasteiger partial charge is 0.368 e. The van der Waals surface area contributed by atoms with Crippen LogP contribution in [-0.4, -0.2) is 49.6 Å². The fraction of sp³-hybridized carbons (Fsp3) is 0.364. The SMILES string of the molecule is CCCCNC(=O)N1CCN(c2ccc(NC(=O)c3cccc(Cl)c3)cc2)CC1. The topological polar surface area (TPSA) is 64.7 Å². The van der Waals surface area contributed by atoms with Crippen LogP contribution in [0.15, 0.2) is 48.5 Å². The summed E-state index contributed by atoms with van der Waals surface area (Å²) in [7, 11) is 0. The molecule has 0 aromatic heterocycles. The predicted molar refractivity (Wildman–Crippen MR) is 118 cm³/mol. The van der Waals surface area contributed by atoms with Gasteiger partial charge in [-0.3, -0.25) is 4.79 Å². The third kappa shape index (κ3) is 5.87. The van der Waals surface area contributed by atoms with E-state index in [4.69, 9.17) is 11.6 Å². The Morgan fingerprint density at radius 2 is 1.76 bits per heavy atom. The fourth-order valence-corrected chi connectivity index (χ4v) is 3.43. The Hall–Kier alpha value is -2.73. The molecule has 6 nitrogen and oxygen atoms in total. The fourth-order valence-electron chi connectivity index (χ4n) is 3.24. The van der Waals surface area contributed by atoms with Gasteiger partial charge in [0.15, 0.2) is 0 Å². The van der Waals surface area contributed by atoms with Gasteiger partial charge in [-0.25, -0.2) is 4.79 Å². The number of benzene rings is 2. The lowest BCUT2D eigenvalue weighted by atomic mass is 10.2. The number of anilines is 2. The van der Waals surface area contributed by atoms with Crippen LogP contribution in [0.4, 0.5) is 16.2 Å². The molecule has 3 amide bonds. The summed E-state index contributed by atoms with van der Waals surface area (Å²) in [6, 6.07) is 14.7. The number of carbonyl (C=O) groups excluding carboxylic acids is 2. The highest BCUT2D eigenvalue weighted by Crippen LogP contribution is 2.20. The lowest BCUT2D eigenvalue weighted by Gasteiger charge is -2.36. The number of carbonyl (C=O) groups is 2. The molecule has 0 saturated carbocycles. The number of piperazine rings is 1. The lowest BCUT2D eigenvalue weighted by Crippen LogP contribution is -2.52. The standard InChI is InChI=1S/C22H27ClN4O2/c1-2-3-11-24-22(29)27-14-12-26(13-15-27)20-9-7-19(8-10-20)25-21(28)17-5-4-6-18(23)16-17/h4-10,16H,2-3,11-15H2,1H3,(H,24,29)(H,25,28). The molecule has 0 atom stereocenters. The van der Waals surface area contributed by atoms with Gasteiger partial charge in [0, 0.05) is 54.7 Å². The molecule has 0 unspecified atom stereocenters. The van der Waals surface area contributed by atoms with Crippen molar-refractivity contribution in [1.82, 2.24) is 10.2 Å². The van der Waals surface area contributed by atoms with E-state index in [0.717, 1.165) is 43.9 Å². The van der Waals surface area contributed by atoms with Crippen LogP contribution in [0.1, 0.15) is 30.1 Å². The van der Waals surface area contributed by atoms with Crippen LogP contribution in [0, 0.1) is 0 Å². The van der Waals surface area contributed by atoms with Gasteiger partial charge in [0.2, 0.25) is 0 Å². The third-order valence-corrected chi connectivity index (χ3v) is 5.19. The van der Waals surface area contributed by atoms with Crippen LogP contribution in [0.25, 0.3) is 0 Å². The third-order valence-electron chi connectivity index (χ3n) is 4.95. The zero-order valence-electron chi connectivity index (χ0n) is 16.7. The smallest absolute Gasteiger partial charge is 0.317 e. The molecule has 154 valence electrons. The number of nitrogens with one attached hydrogen (secondary N) is 2. The monoisotopic (exact) mass is 414 g/mol. The number of unbranched alkanes of at least 4 members (excludes halogenated alkanes) is 1. The van der Waals surface area contributed by atoms with Crippen LogP contribution < -0.4 is 15.5 Å². The Bertz CT molecular complexity index is 833. The summed E-state index contributed by atoms with van der Waals surface area (Å²) in [6.07, 6.45) is 2.08. The molecule has 1 heterocycles. The first kappa shape index (κ1) is 21.0. The second-order valence-corrected chi connectivity index (χ2v) is 7.51. The average molecular weight is 415 g/mol. The second-order valence-electron chi connectivity index (χ2n) is 7.07. The van der Waals surface area contributed by atoms with Crippen molar-refractivity contribution in [2.24, 2.45) is 0 Å². The van der Waals surface area contributed by atoms with E-state index in [-0.39, 0.29) is 11.9 Å². The zero-order valence-corrected chi connectivity index (χ0v) is 17.4. The van der Waals surface area contributed by atoms with Crippen molar-refractivity contribution in [1.29, 1.82) is 0 Å². The maximum Gasteiger partial charge on any atom is 0.317 e. The molecule has 2 aromatic rings. The summed E-state index contributed by atoms with van der Waals surface area (Å²) >= 11 is 5.95. The van der Waals surface area contributed by atoms with Crippen LogP contribution >= 0.6 is 11.6 Å². The minimum absolute atomic E-state index is 0.0252. The van der Waals surface area contributed by atoms with Crippen LogP contribution in [0.3, 0.4) is 0 Å². The van der Waals surface area contributed by atoms with E-state index in [1.165, 1.54) is 0 Å². The van der Waals surface area contributed by atoms with Crippen LogP contribution in [0.5, 0.6) is 0 Å². The molecule has 3 rings (SSSR count). The number of urea groups is 1. The van der Waals surface area contributed by atoms with Crippen molar-refractivity contribution in [2.45, 2.75) is 19.8 Å². The van der Waals surface area contributed by atoms with Gasteiger partial charge in [-0.05, 0) is 48.9 Å². The van der Waals surface area contributed by atoms with Gasteiger partial charge in [-0.15, -0.1) is 0 Å². The van der Waals surface area contributed by atoms with Crippen molar-refractivity contribution in [3.63, 3.8) is 0 Å². The summed E-state index contributed by atoms with van der Waals surface area (Å²) < 4.78 is 0. The predicted octanol–water partition coefficient (Wildman–Crippen LogP) is 4.22. The molecule has 2 aromatic carbocycles. The molecule has 1 saturated heterocycles. The molecule has 0 aliphatic carbocycles. The zero-order chi connectivity index (χ0) is 20.6. The Labute approximate surface area is 176 Å². The number of nitrogens with zero attached hydrogens (tertiary/aromatic N) is 2. The summed E-state index contributed by atoms with van der Waals surface area (Å²) in [5.41, 5.74) is 2.33. The molecule has 0 spiro atoms. The lowest BCUT2D eigenvalue weighted by molar-refractivity contribution is 0.102. The maximum atomic E-state index is 12.3. The van der Waals surface area contributed by atoms with Crippen molar-refractivity contribution in [2.75, 3.05) is 42.9 Å². The highest BCUT2D eigenvalue weighted by Gasteiger charge is 2.21. The van der Waals surface area contributed by atoms with Gasteiger partial charge in [0.1, 0.15) is 0 Å². The molecule has 0 bridgehead atoms. The van der Waals surface area contributed by atoms with Gasteiger partial charge in [-0.1, -0.05) is 31.0 Å². The molecular weight excluding hydrogens is 388 g/mol. The van der Waals surface area contributed by atoms with Crippen molar-refractivity contribution < 1.29 is 9.59 Å². The van der Waals surface area contributed by atoms with E-state index in [9.17, 15) is 9.59 Å². The summed E-state index contributed by atoms with van der Waals surface area (Å²) in [6.45, 7) is 5.82. The number of hydrogen-bond donors (Lipinski definition) is 2. The first-order valence-electron chi connectivity index (χ1n) is 10.0. The number of hydrogen-bond acceptors (Lipinski definition) is 3. The Kier molecular flexibility index (Phi) is 7.36. The van der Waals surface area contributed by atoms with E-state index >= 15 is 0 Å². The molecule has 0 radical (unpaired) electrons. The minimum atomic E-state index is -0.192. The summed E-state index contributed by atoms with van der Waals surface area (Å²) in [4.78, 5) is 28.6. The molecule has 2 N–H and O–H groups in total. The summed E-state index contributed by atoms with van der Waals surface area (Å²) in [5.74, 6) is -0.192. The maximum absolute atomic E-state index is 12.3. The van der Waals surface area contributed by atoms with E-state index in [0.29, 0.717) is 23.7 Å². The van der Waals surface area contributed by atoms with Crippen molar-refractivity contribution in [3.8, 4) is 0 Å². The first-order valence-corrected chi connectivity index (χ1v) is 10.4. The van der Waals surface area contributed by atoms with E-state index < -0.39 is 0 Å². The van der Waals surface area contributed by atoms with E-state index in [1.807, 2.05) is 29.2 Å². The number of rotatable bonds is 6. The normalized spacial score (nSPS) is 13.9. The summed E-state index contributed by atoms with van der Waals surface area (Å²) in [5, 5.41) is 6.39. The number of amides is 3. The van der Waals surface area contributed by atoms with Crippen LogP contribution in [-0.2, 0) is 0 Å². The van der Waals surface area contributed by atoms with Crippen molar-refractivity contribution in [3.05, 3.63) is 59.1 Å². The van der Waals surface area contributed by atoms with Gasteiger partial charge < -0.3 is 20.4 Å². The van der Waals surface area contributed by atoms with Crippen LogP contribution in [0.2, 0.25) is 5.02 Å². The quantitative estimate of drug-likeness (QED) is 0.695.